The number of fused-ring (bicyclic) bond motifs is 1. The van der Waals surface area contributed by atoms with Gasteiger partial charge in [-0.25, -0.2) is 0 Å². The lowest BCUT2D eigenvalue weighted by Gasteiger charge is -2.19. The lowest BCUT2D eigenvalue weighted by molar-refractivity contribution is -0.122. The number of ether oxygens (including phenoxy) is 1. The van der Waals surface area contributed by atoms with Crippen molar-refractivity contribution in [1.82, 2.24) is 0 Å². The number of aryl methyl sites for hydroxylation is 2. The van der Waals surface area contributed by atoms with E-state index in [2.05, 4.69) is 11.4 Å². The molecule has 0 heterocycles. The zero-order chi connectivity index (χ0) is 17.8. The fourth-order valence-electron chi connectivity index (χ4n) is 2.94. The quantitative estimate of drug-likeness (QED) is 0.692. The minimum Gasteiger partial charge on any atom is -0.481 e. The second-order valence-corrected chi connectivity index (χ2v) is 6.28. The first-order valence-electron chi connectivity index (χ1n) is 8.61. The highest BCUT2D eigenvalue weighted by Crippen LogP contribution is 2.23. The molecule has 0 bridgehead atoms. The number of rotatable bonds is 5. The van der Waals surface area contributed by atoms with Crippen LogP contribution in [0.15, 0.2) is 60.7 Å². The third-order valence-electron chi connectivity index (χ3n) is 4.39. The second kappa shape index (κ2) is 7.39. The molecule has 3 heteroatoms. The van der Waals surface area contributed by atoms with Gasteiger partial charge in [-0.15, -0.1) is 0 Å². The molecule has 0 aromatic heterocycles. The van der Waals surface area contributed by atoms with Crippen molar-refractivity contribution in [2.75, 3.05) is 5.32 Å². The summed E-state index contributed by atoms with van der Waals surface area (Å²) in [5.41, 5.74) is 2.97. The summed E-state index contributed by atoms with van der Waals surface area (Å²) in [5.74, 6) is 0.593. The van der Waals surface area contributed by atoms with E-state index in [4.69, 9.17) is 4.74 Å². The molecule has 0 aliphatic heterocycles. The van der Waals surface area contributed by atoms with Crippen LogP contribution < -0.4 is 10.1 Å². The van der Waals surface area contributed by atoms with Crippen LogP contribution in [0.5, 0.6) is 5.75 Å². The van der Waals surface area contributed by atoms with Gasteiger partial charge in [0.25, 0.3) is 5.91 Å². The molecular formula is C22H23NO2. The first-order chi connectivity index (χ1) is 12.1. The molecule has 0 saturated heterocycles. The van der Waals surface area contributed by atoms with Crippen LogP contribution in [0.1, 0.15) is 24.5 Å². The highest BCUT2D eigenvalue weighted by atomic mass is 16.5. The van der Waals surface area contributed by atoms with Crippen LogP contribution in [-0.2, 0) is 4.79 Å². The fraction of sp³-hybridized carbons (Fsp3) is 0.227. The third-order valence-corrected chi connectivity index (χ3v) is 4.39. The second-order valence-electron chi connectivity index (χ2n) is 6.28. The lowest BCUT2D eigenvalue weighted by atomic mass is 10.1. The Bertz CT molecular complexity index is 881. The summed E-state index contributed by atoms with van der Waals surface area (Å²) >= 11 is 0. The van der Waals surface area contributed by atoms with Gasteiger partial charge in [-0.05, 0) is 54.3 Å². The van der Waals surface area contributed by atoms with E-state index in [9.17, 15) is 4.79 Å². The molecule has 0 aliphatic rings. The molecule has 1 atom stereocenters. The molecule has 1 amide bonds. The van der Waals surface area contributed by atoms with E-state index in [0.29, 0.717) is 12.2 Å². The number of para-hydroxylation sites is 1. The molecular weight excluding hydrogens is 310 g/mol. The fourth-order valence-corrected chi connectivity index (χ4v) is 2.94. The van der Waals surface area contributed by atoms with Gasteiger partial charge in [0.05, 0.1) is 0 Å². The molecule has 3 nitrogen and oxygen atoms in total. The number of benzene rings is 3. The van der Waals surface area contributed by atoms with Crippen molar-refractivity contribution in [3.63, 3.8) is 0 Å². The lowest BCUT2D eigenvalue weighted by Crippen LogP contribution is -2.32. The molecule has 0 aliphatic carbocycles. The van der Waals surface area contributed by atoms with Crippen molar-refractivity contribution in [3.8, 4) is 5.75 Å². The summed E-state index contributed by atoms with van der Waals surface area (Å²) in [6, 6.07) is 20.0. The number of nitrogens with one attached hydrogen (secondary N) is 1. The molecule has 3 aromatic carbocycles. The molecule has 0 fully saturated rings. The number of carbonyl (C=O) groups excluding carboxylic acids is 1. The SMILES string of the molecule is CC[C@@H](Oc1ccc2ccccc2c1)C(=O)Nc1c(C)cccc1C. The van der Waals surface area contributed by atoms with E-state index >= 15 is 0 Å². The molecule has 1 N–H and O–H groups in total. The number of anilines is 1. The predicted octanol–water partition coefficient (Wildman–Crippen LogP) is 5.25. The Balaban J connectivity index is 1.78. The zero-order valence-electron chi connectivity index (χ0n) is 14.9. The third kappa shape index (κ3) is 3.82. The van der Waals surface area contributed by atoms with E-state index in [1.165, 1.54) is 0 Å². The van der Waals surface area contributed by atoms with Gasteiger partial charge in [0.1, 0.15) is 5.75 Å². The highest BCUT2D eigenvalue weighted by Gasteiger charge is 2.20. The van der Waals surface area contributed by atoms with Crippen LogP contribution >= 0.6 is 0 Å². The van der Waals surface area contributed by atoms with Gasteiger partial charge in [-0.3, -0.25) is 4.79 Å². The number of amides is 1. The van der Waals surface area contributed by atoms with Crippen LogP contribution in [0.25, 0.3) is 10.8 Å². The van der Waals surface area contributed by atoms with Crippen molar-refractivity contribution in [1.29, 1.82) is 0 Å². The minimum atomic E-state index is -0.528. The Kier molecular flexibility index (Phi) is 5.03. The van der Waals surface area contributed by atoms with Gasteiger partial charge in [-0.2, -0.15) is 0 Å². The first-order valence-corrected chi connectivity index (χ1v) is 8.61. The summed E-state index contributed by atoms with van der Waals surface area (Å²) < 4.78 is 5.97. The Morgan fingerprint density at radius 1 is 0.960 bits per heavy atom. The first kappa shape index (κ1) is 17.0. The monoisotopic (exact) mass is 333 g/mol. The van der Waals surface area contributed by atoms with Crippen LogP contribution in [0.3, 0.4) is 0 Å². The van der Waals surface area contributed by atoms with Crippen molar-refractivity contribution in [2.24, 2.45) is 0 Å². The predicted molar refractivity (Wildman–Crippen MR) is 103 cm³/mol. The average Bonchev–Trinajstić information content (AvgIpc) is 2.62. The molecule has 128 valence electrons. The van der Waals surface area contributed by atoms with Crippen molar-refractivity contribution < 1.29 is 9.53 Å². The van der Waals surface area contributed by atoms with E-state index in [1.807, 2.05) is 75.4 Å². The highest BCUT2D eigenvalue weighted by molar-refractivity contribution is 5.95. The standard InChI is InChI=1S/C22H23NO2/c1-4-20(22(24)23-21-15(2)8-7-9-16(21)3)25-19-13-12-17-10-5-6-11-18(17)14-19/h5-14,20H,4H2,1-3H3,(H,23,24)/t20-/m1/s1. The van der Waals surface area contributed by atoms with E-state index in [0.717, 1.165) is 27.6 Å². The van der Waals surface area contributed by atoms with E-state index in [1.54, 1.807) is 0 Å². The minimum absolute atomic E-state index is 0.118. The van der Waals surface area contributed by atoms with Gasteiger partial charge < -0.3 is 10.1 Å². The van der Waals surface area contributed by atoms with Crippen LogP contribution in [0.4, 0.5) is 5.69 Å². The van der Waals surface area contributed by atoms with Gasteiger partial charge in [0.15, 0.2) is 6.10 Å². The van der Waals surface area contributed by atoms with Crippen molar-refractivity contribution in [3.05, 3.63) is 71.8 Å². The van der Waals surface area contributed by atoms with Gasteiger partial charge >= 0.3 is 0 Å². The molecule has 25 heavy (non-hydrogen) atoms. The molecule has 0 unspecified atom stereocenters. The summed E-state index contributed by atoms with van der Waals surface area (Å²) in [6.45, 7) is 5.94. The summed E-state index contributed by atoms with van der Waals surface area (Å²) in [7, 11) is 0. The van der Waals surface area contributed by atoms with Gasteiger partial charge in [-0.1, -0.05) is 55.5 Å². The zero-order valence-corrected chi connectivity index (χ0v) is 14.9. The van der Waals surface area contributed by atoms with E-state index < -0.39 is 6.10 Å². The van der Waals surface area contributed by atoms with Crippen LogP contribution in [0, 0.1) is 13.8 Å². The topological polar surface area (TPSA) is 38.3 Å². The molecule has 0 saturated carbocycles. The molecule has 3 aromatic rings. The summed E-state index contributed by atoms with van der Waals surface area (Å²) in [6.07, 6.45) is 0.0732. The summed E-state index contributed by atoms with van der Waals surface area (Å²) in [4.78, 5) is 12.7. The average molecular weight is 333 g/mol. The Hall–Kier alpha value is -2.81. The van der Waals surface area contributed by atoms with Crippen molar-refractivity contribution in [2.45, 2.75) is 33.3 Å². The normalized spacial score (nSPS) is 12.0. The number of hydrogen-bond acceptors (Lipinski definition) is 2. The summed E-state index contributed by atoms with van der Waals surface area (Å²) in [5, 5.41) is 5.28. The van der Waals surface area contributed by atoms with Crippen molar-refractivity contribution >= 4 is 22.4 Å². The Labute approximate surface area is 148 Å². The van der Waals surface area contributed by atoms with Gasteiger partial charge in [0.2, 0.25) is 0 Å². The number of hydrogen-bond donors (Lipinski definition) is 1. The molecule has 3 rings (SSSR count). The molecule has 0 radical (unpaired) electrons. The number of carbonyl (C=O) groups is 1. The van der Waals surface area contributed by atoms with Crippen LogP contribution in [-0.4, -0.2) is 12.0 Å². The Morgan fingerprint density at radius 2 is 1.64 bits per heavy atom. The Morgan fingerprint density at radius 3 is 2.32 bits per heavy atom. The molecule has 0 spiro atoms. The van der Waals surface area contributed by atoms with Crippen LogP contribution in [0.2, 0.25) is 0 Å². The van der Waals surface area contributed by atoms with E-state index in [-0.39, 0.29) is 5.91 Å². The van der Waals surface area contributed by atoms with Gasteiger partial charge in [0, 0.05) is 5.69 Å². The smallest absolute Gasteiger partial charge is 0.265 e. The maximum atomic E-state index is 12.7. The maximum absolute atomic E-state index is 12.7. The maximum Gasteiger partial charge on any atom is 0.265 e. The largest absolute Gasteiger partial charge is 0.481 e.